The molecule has 0 saturated heterocycles. The van der Waals surface area contributed by atoms with Gasteiger partial charge in [-0.1, -0.05) is 0 Å². The highest BCUT2D eigenvalue weighted by atomic mass is 16.5. The molecule has 45 heavy (non-hydrogen) atoms. The van der Waals surface area contributed by atoms with Crippen molar-refractivity contribution in [1.82, 2.24) is 0 Å². The second-order valence-corrected chi connectivity index (χ2v) is 9.48. The van der Waals surface area contributed by atoms with Crippen LogP contribution in [0.25, 0.3) is 44.6 Å². The van der Waals surface area contributed by atoms with E-state index >= 15 is 0 Å². The minimum atomic E-state index is -0.888. The van der Waals surface area contributed by atoms with Gasteiger partial charge in [0.05, 0.1) is 7.11 Å². The fourth-order valence-corrected chi connectivity index (χ4v) is 4.43. The predicted octanol–water partition coefficient (Wildman–Crippen LogP) is 4.28. The number of rotatable bonds is 3. The van der Waals surface area contributed by atoms with Crippen LogP contribution in [0, 0.1) is 0 Å². The number of methoxy groups -OCH3 is 1. The minimum absolute atomic E-state index is 0.0904. The van der Waals surface area contributed by atoms with E-state index in [9.17, 15) is 55.5 Å². The van der Waals surface area contributed by atoms with Crippen LogP contribution in [0.4, 0.5) is 0 Å². The second-order valence-electron chi connectivity index (χ2n) is 9.48. The summed E-state index contributed by atoms with van der Waals surface area (Å²) < 4.78 is 15.8. The van der Waals surface area contributed by atoms with Crippen molar-refractivity contribution in [3.05, 3.63) is 81.1 Å². The van der Waals surface area contributed by atoms with Crippen LogP contribution in [0.5, 0.6) is 57.5 Å². The first-order valence-electron chi connectivity index (χ1n) is 12.6. The summed E-state index contributed by atoms with van der Waals surface area (Å²) in [6.07, 6.45) is 0. The van der Waals surface area contributed by atoms with Gasteiger partial charge in [0.25, 0.3) is 0 Å². The maximum atomic E-state index is 12.2. The summed E-state index contributed by atoms with van der Waals surface area (Å²) >= 11 is 0. The molecule has 0 fully saturated rings. The molecule has 4 aromatic carbocycles. The van der Waals surface area contributed by atoms with Crippen molar-refractivity contribution in [3.63, 3.8) is 0 Å². The number of fused-ring (bicyclic) bond motifs is 2. The Balaban J connectivity index is 0.000000178. The monoisotopic (exact) mass is 618 g/mol. The molecule has 0 aliphatic heterocycles. The van der Waals surface area contributed by atoms with E-state index in [0.29, 0.717) is 0 Å². The van der Waals surface area contributed by atoms with Crippen LogP contribution in [-0.4, -0.2) is 53.1 Å². The smallest absolute Gasteiger partial charge is 0.238 e. The molecule has 2 aromatic heterocycles. The molecule has 6 aromatic rings. The van der Waals surface area contributed by atoms with E-state index < -0.39 is 39.6 Å². The lowest BCUT2D eigenvalue weighted by Crippen LogP contribution is -2.03. The van der Waals surface area contributed by atoms with Crippen LogP contribution in [0.2, 0.25) is 0 Å². The number of hydrogen-bond acceptors (Lipinski definition) is 14. The lowest BCUT2D eigenvalue weighted by atomic mass is 10.1. The molecule has 14 nitrogen and oxygen atoms in total. The second kappa shape index (κ2) is 11.2. The summed E-state index contributed by atoms with van der Waals surface area (Å²) in [7, 11) is 1.35. The highest BCUT2D eigenvalue weighted by molar-refractivity contribution is 5.89. The van der Waals surface area contributed by atoms with E-state index in [1.165, 1.54) is 31.4 Å². The molecule has 14 heteroatoms. The van der Waals surface area contributed by atoms with Crippen molar-refractivity contribution in [2.45, 2.75) is 0 Å². The number of phenolic OH excluding ortho intramolecular Hbond substituents is 7. The number of phenols is 7. The predicted molar refractivity (Wildman–Crippen MR) is 157 cm³/mol. The zero-order valence-corrected chi connectivity index (χ0v) is 22.8. The average molecular weight is 619 g/mol. The number of benzene rings is 4. The van der Waals surface area contributed by atoms with Crippen molar-refractivity contribution in [3.8, 4) is 80.1 Å². The van der Waals surface area contributed by atoms with Gasteiger partial charge >= 0.3 is 0 Å². The van der Waals surface area contributed by atoms with E-state index in [0.717, 1.165) is 36.4 Å². The van der Waals surface area contributed by atoms with Gasteiger partial charge in [-0.3, -0.25) is 9.59 Å². The SMILES string of the molecule is COc1cc(-c2oc3cc(O)cc(O)c3c(=O)c2O)ccc1O.O=c1c(O)c(-c2ccc(O)c(O)c2)oc2cc(O)cc(O)c12. The van der Waals surface area contributed by atoms with Gasteiger partial charge < -0.3 is 59.5 Å². The highest BCUT2D eigenvalue weighted by Crippen LogP contribution is 2.39. The Bertz CT molecular complexity index is 2250. The third-order valence-corrected chi connectivity index (χ3v) is 6.55. The van der Waals surface area contributed by atoms with Crippen molar-refractivity contribution in [1.29, 1.82) is 0 Å². The summed E-state index contributed by atoms with van der Waals surface area (Å²) in [6, 6.07) is 11.9. The normalized spacial score (nSPS) is 10.9. The van der Waals surface area contributed by atoms with Gasteiger partial charge in [-0.2, -0.15) is 0 Å². The number of ether oxygens (including phenoxy) is 1. The first kappa shape index (κ1) is 29.8. The van der Waals surface area contributed by atoms with E-state index in [-0.39, 0.29) is 73.3 Å². The van der Waals surface area contributed by atoms with Crippen molar-refractivity contribution >= 4 is 21.9 Å². The molecule has 0 spiro atoms. The quantitative estimate of drug-likeness (QED) is 0.126. The maximum absolute atomic E-state index is 12.2. The van der Waals surface area contributed by atoms with Crippen LogP contribution >= 0.6 is 0 Å². The highest BCUT2D eigenvalue weighted by Gasteiger charge is 2.21. The van der Waals surface area contributed by atoms with Crippen LogP contribution in [-0.2, 0) is 0 Å². The van der Waals surface area contributed by atoms with Crippen molar-refractivity contribution < 1.29 is 59.5 Å². The van der Waals surface area contributed by atoms with E-state index in [1.54, 1.807) is 0 Å². The standard InChI is InChI=1S/C16H12O7.C15H10O7/c1-22-11-4-7(2-3-9(11)18)16-15(21)14(20)13-10(19)5-8(17)6-12(13)23-16;16-7-4-10(19)12-11(5-7)22-15(14(21)13(12)20)6-1-2-8(17)9(18)3-6/h2-6,17-19,21H,1H3;1-5,16-19,21H. The van der Waals surface area contributed by atoms with E-state index in [1.807, 2.05) is 0 Å². The van der Waals surface area contributed by atoms with Gasteiger partial charge in [0.2, 0.25) is 22.4 Å². The molecule has 0 aliphatic rings. The van der Waals surface area contributed by atoms with Crippen LogP contribution in [0.3, 0.4) is 0 Å². The molecule has 0 bridgehead atoms. The molecule has 0 atom stereocenters. The molecule has 6 rings (SSSR count). The zero-order valence-electron chi connectivity index (χ0n) is 22.8. The Morgan fingerprint density at radius 3 is 1.40 bits per heavy atom. The molecular weight excluding hydrogens is 596 g/mol. The molecule has 0 aliphatic carbocycles. The van der Waals surface area contributed by atoms with Gasteiger partial charge in [0.1, 0.15) is 44.9 Å². The summed E-state index contributed by atoms with van der Waals surface area (Å²) in [4.78, 5) is 24.4. The van der Waals surface area contributed by atoms with Gasteiger partial charge in [-0.15, -0.1) is 0 Å². The van der Waals surface area contributed by atoms with E-state index in [4.69, 9.17) is 13.6 Å². The Morgan fingerprint density at radius 2 is 0.956 bits per heavy atom. The Kier molecular flexibility index (Phi) is 7.40. The van der Waals surface area contributed by atoms with Crippen LogP contribution in [0.15, 0.2) is 79.1 Å². The average Bonchev–Trinajstić information content (AvgIpc) is 2.98. The maximum Gasteiger partial charge on any atom is 0.238 e. The zero-order chi connectivity index (χ0) is 32.7. The molecule has 0 saturated carbocycles. The molecule has 0 unspecified atom stereocenters. The van der Waals surface area contributed by atoms with Crippen molar-refractivity contribution in [2.75, 3.05) is 7.11 Å². The lowest BCUT2D eigenvalue weighted by Gasteiger charge is -2.09. The van der Waals surface area contributed by atoms with Crippen molar-refractivity contribution in [2.24, 2.45) is 0 Å². The fourth-order valence-electron chi connectivity index (χ4n) is 4.43. The summed E-state index contributed by atoms with van der Waals surface area (Å²) in [5.74, 6) is -4.37. The third kappa shape index (κ3) is 5.34. The van der Waals surface area contributed by atoms with Crippen LogP contribution < -0.4 is 15.6 Å². The van der Waals surface area contributed by atoms with Gasteiger partial charge in [0, 0.05) is 35.4 Å². The summed E-state index contributed by atoms with van der Waals surface area (Å²) in [5.41, 5.74) is -1.55. The Hall–Kier alpha value is -6.70. The Morgan fingerprint density at radius 1 is 0.511 bits per heavy atom. The molecular formula is C31H22O14. The van der Waals surface area contributed by atoms with Gasteiger partial charge in [-0.25, -0.2) is 0 Å². The van der Waals surface area contributed by atoms with Gasteiger partial charge in [0.15, 0.2) is 34.5 Å². The summed E-state index contributed by atoms with van der Waals surface area (Å²) in [5, 5.41) is 86.4. The fraction of sp³-hybridized carbons (Fsp3) is 0.0323. The molecule has 0 radical (unpaired) electrons. The number of aromatic hydroxyl groups is 9. The molecule has 2 heterocycles. The lowest BCUT2D eigenvalue weighted by molar-refractivity contribution is 0.373. The topological polar surface area (TPSA) is 252 Å². The molecule has 230 valence electrons. The largest absolute Gasteiger partial charge is 0.508 e. The first-order chi connectivity index (χ1) is 21.3. The van der Waals surface area contributed by atoms with Crippen LogP contribution in [0.1, 0.15) is 0 Å². The molecule has 0 amide bonds. The third-order valence-electron chi connectivity index (χ3n) is 6.55. The first-order valence-corrected chi connectivity index (χ1v) is 12.6. The summed E-state index contributed by atoms with van der Waals surface area (Å²) in [6.45, 7) is 0. The number of hydrogen-bond donors (Lipinski definition) is 9. The van der Waals surface area contributed by atoms with E-state index in [2.05, 4.69) is 0 Å². The van der Waals surface area contributed by atoms with Gasteiger partial charge in [-0.05, 0) is 36.4 Å². The Labute approximate surface area is 250 Å². The molecule has 9 N–H and O–H groups in total. The minimum Gasteiger partial charge on any atom is -0.508 e.